The van der Waals surface area contributed by atoms with Crippen LogP contribution in [0.5, 0.6) is 0 Å². The molecule has 0 fully saturated rings. The lowest BCUT2D eigenvalue weighted by Gasteiger charge is -2.06. The largest absolute Gasteiger partial charge is 0.306 e. The van der Waals surface area contributed by atoms with Gasteiger partial charge >= 0.3 is 0 Å². The number of hydrogen-bond donors (Lipinski definition) is 1. The van der Waals surface area contributed by atoms with Gasteiger partial charge in [0.15, 0.2) is 5.82 Å². The quantitative estimate of drug-likeness (QED) is 0.574. The van der Waals surface area contributed by atoms with Gasteiger partial charge in [0.25, 0.3) is 0 Å². The lowest BCUT2D eigenvalue weighted by molar-refractivity contribution is -0.117. The zero-order valence-electron chi connectivity index (χ0n) is 13.5. The monoisotopic (exact) mass is 475 g/mol. The Hall–Kier alpha value is -1.54. The van der Waals surface area contributed by atoms with Crippen molar-refractivity contribution in [1.29, 1.82) is 0 Å². The van der Waals surface area contributed by atoms with E-state index < -0.39 is 0 Å². The van der Waals surface area contributed by atoms with Gasteiger partial charge in [-0.05, 0) is 40.5 Å². The molecule has 2 aromatic heterocycles. The molecule has 0 bridgehead atoms. The number of nitrogens with zero attached hydrogens (tertiary/aromatic N) is 4. The number of anilines is 1. The van der Waals surface area contributed by atoms with Crippen LogP contribution in [-0.4, -0.2) is 25.5 Å². The van der Waals surface area contributed by atoms with Gasteiger partial charge in [-0.15, -0.1) is 0 Å². The van der Waals surface area contributed by atoms with Gasteiger partial charge in [-0.2, -0.15) is 10.2 Å². The molecule has 0 aliphatic heterocycles. The van der Waals surface area contributed by atoms with Crippen LogP contribution in [0, 0.1) is 6.92 Å². The maximum Gasteiger partial charge on any atom is 0.247 e. The van der Waals surface area contributed by atoms with Gasteiger partial charge in [0.1, 0.15) is 11.6 Å². The smallest absolute Gasteiger partial charge is 0.247 e. The van der Waals surface area contributed by atoms with Gasteiger partial charge in [-0.3, -0.25) is 14.2 Å². The molecular weight excluding hydrogens is 464 g/mol. The van der Waals surface area contributed by atoms with Crippen LogP contribution in [0.15, 0.2) is 35.1 Å². The Balaban J connectivity index is 1.69. The lowest BCUT2D eigenvalue weighted by atomic mass is 10.2. The van der Waals surface area contributed by atoms with Crippen molar-refractivity contribution in [2.45, 2.75) is 20.0 Å². The summed E-state index contributed by atoms with van der Waals surface area (Å²) in [6.45, 7) is 2.32. The summed E-state index contributed by atoms with van der Waals surface area (Å²) in [6.07, 6.45) is 3.26. The molecule has 0 atom stereocenters. The van der Waals surface area contributed by atoms with E-state index in [1.807, 2.05) is 13.0 Å². The molecule has 0 unspecified atom stereocenters. The molecule has 1 aromatic carbocycles. The van der Waals surface area contributed by atoms with Crippen LogP contribution in [-0.2, 0) is 17.9 Å². The number of amides is 1. The van der Waals surface area contributed by atoms with Crippen LogP contribution in [0.3, 0.4) is 0 Å². The first-order chi connectivity index (χ1) is 12.3. The molecule has 3 aromatic rings. The van der Waals surface area contributed by atoms with E-state index in [0.29, 0.717) is 21.6 Å². The number of hydrogen-bond acceptors (Lipinski definition) is 3. The minimum atomic E-state index is -0.277. The summed E-state index contributed by atoms with van der Waals surface area (Å²) in [7, 11) is 0. The first-order valence-electron chi connectivity index (χ1n) is 7.48. The van der Waals surface area contributed by atoms with Gasteiger partial charge in [0, 0.05) is 16.2 Å². The van der Waals surface area contributed by atoms with Gasteiger partial charge in [-0.25, -0.2) is 0 Å². The standard InChI is InChI=1S/C16H13BrCl3N5O/c1-9-12(17)5-21-25(9)8-15(26)22-16-14(20)7-24(23-16)6-10-2-3-11(18)4-13(10)19/h2-5,7H,6,8H2,1H3,(H,22,23,26). The Bertz CT molecular complexity index is 969. The Kier molecular flexibility index (Phi) is 5.92. The molecule has 136 valence electrons. The molecule has 3 rings (SSSR count). The highest BCUT2D eigenvalue weighted by molar-refractivity contribution is 9.10. The molecule has 0 saturated heterocycles. The molecule has 0 saturated carbocycles. The number of halogens is 4. The number of rotatable bonds is 5. The predicted octanol–water partition coefficient (Wildman–Crippen LogP) is 4.80. The van der Waals surface area contributed by atoms with Gasteiger partial charge in [-0.1, -0.05) is 40.9 Å². The predicted molar refractivity (Wildman–Crippen MR) is 106 cm³/mol. The SMILES string of the molecule is Cc1c(Br)cnn1CC(=O)Nc1nn(Cc2ccc(Cl)cc2Cl)cc1Cl. The van der Waals surface area contributed by atoms with Crippen LogP contribution >= 0.6 is 50.7 Å². The third-order valence-corrected chi connectivity index (χ3v) is 5.30. The Labute approximate surface area is 173 Å². The fourth-order valence-electron chi connectivity index (χ4n) is 2.28. The Morgan fingerprint density at radius 1 is 1.27 bits per heavy atom. The fraction of sp³-hybridized carbons (Fsp3) is 0.188. The normalized spacial score (nSPS) is 11.0. The zero-order valence-corrected chi connectivity index (χ0v) is 17.4. The van der Waals surface area contributed by atoms with Crippen LogP contribution < -0.4 is 5.32 Å². The van der Waals surface area contributed by atoms with E-state index in [2.05, 4.69) is 31.4 Å². The summed E-state index contributed by atoms with van der Waals surface area (Å²) in [5.74, 6) is 0.00556. The average molecular weight is 478 g/mol. The summed E-state index contributed by atoms with van der Waals surface area (Å²) in [5, 5.41) is 12.5. The highest BCUT2D eigenvalue weighted by atomic mass is 79.9. The number of carbonyl (C=O) groups is 1. The first-order valence-corrected chi connectivity index (χ1v) is 9.41. The summed E-state index contributed by atoms with van der Waals surface area (Å²) in [4.78, 5) is 12.2. The molecule has 2 heterocycles. The molecule has 26 heavy (non-hydrogen) atoms. The Morgan fingerprint density at radius 3 is 2.69 bits per heavy atom. The fourth-order valence-corrected chi connectivity index (χ4v) is 3.24. The molecule has 10 heteroatoms. The Morgan fingerprint density at radius 2 is 2.04 bits per heavy atom. The molecule has 1 N–H and O–H groups in total. The second-order valence-corrected chi connectivity index (χ2v) is 7.65. The van der Waals surface area contributed by atoms with Crippen molar-refractivity contribution in [3.63, 3.8) is 0 Å². The van der Waals surface area contributed by atoms with E-state index in [-0.39, 0.29) is 18.3 Å². The topological polar surface area (TPSA) is 64.7 Å². The van der Waals surface area contributed by atoms with E-state index in [9.17, 15) is 4.79 Å². The zero-order chi connectivity index (χ0) is 18.8. The van der Waals surface area contributed by atoms with Crippen LogP contribution in [0.25, 0.3) is 0 Å². The van der Waals surface area contributed by atoms with E-state index in [4.69, 9.17) is 34.8 Å². The molecule has 6 nitrogen and oxygen atoms in total. The van der Waals surface area contributed by atoms with Gasteiger partial charge in [0.2, 0.25) is 5.91 Å². The van der Waals surface area contributed by atoms with Crippen LogP contribution in [0.4, 0.5) is 5.82 Å². The van der Waals surface area contributed by atoms with E-state index in [1.165, 1.54) is 0 Å². The second kappa shape index (κ2) is 8.00. The molecule has 0 aliphatic rings. The summed E-state index contributed by atoms with van der Waals surface area (Å²) in [6, 6.07) is 5.23. The van der Waals surface area contributed by atoms with Crippen molar-refractivity contribution in [2.24, 2.45) is 0 Å². The second-order valence-electron chi connectivity index (χ2n) is 5.54. The minimum Gasteiger partial charge on any atom is -0.306 e. The van der Waals surface area contributed by atoms with Crippen molar-refractivity contribution in [3.8, 4) is 0 Å². The third kappa shape index (κ3) is 4.40. The molecule has 0 spiro atoms. The summed E-state index contributed by atoms with van der Waals surface area (Å²) < 4.78 is 4.02. The summed E-state index contributed by atoms with van der Waals surface area (Å²) in [5.41, 5.74) is 1.69. The van der Waals surface area contributed by atoms with Crippen molar-refractivity contribution in [2.75, 3.05) is 5.32 Å². The average Bonchev–Trinajstić information content (AvgIpc) is 3.07. The van der Waals surface area contributed by atoms with E-state index in [0.717, 1.165) is 15.7 Å². The number of aromatic nitrogens is 4. The maximum absolute atomic E-state index is 12.2. The van der Waals surface area contributed by atoms with Crippen molar-refractivity contribution < 1.29 is 4.79 Å². The lowest BCUT2D eigenvalue weighted by Crippen LogP contribution is -2.20. The molecular formula is C16H13BrCl3N5O. The number of nitrogens with one attached hydrogen (secondary N) is 1. The van der Waals surface area contributed by atoms with E-state index >= 15 is 0 Å². The van der Waals surface area contributed by atoms with Gasteiger partial charge < -0.3 is 5.32 Å². The molecule has 1 amide bonds. The number of benzene rings is 1. The van der Waals surface area contributed by atoms with E-state index in [1.54, 1.807) is 33.9 Å². The third-order valence-electron chi connectivity index (χ3n) is 3.66. The summed E-state index contributed by atoms with van der Waals surface area (Å²) >= 11 is 21.6. The van der Waals surface area contributed by atoms with Crippen molar-refractivity contribution in [3.05, 3.63) is 61.4 Å². The highest BCUT2D eigenvalue weighted by Gasteiger charge is 2.14. The van der Waals surface area contributed by atoms with Crippen molar-refractivity contribution >= 4 is 62.5 Å². The maximum atomic E-state index is 12.2. The first kappa shape index (κ1) is 19.2. The van der Waals surface area contributed by atoms with Crippen LogP contribution in [0.2, 0.25) is 15.1 Å². The highest BCUT2D eigenvalue weighted by Crippen LogP contribution is 2.24. The van der Waals surface area contributed by atoms with Crippen molar-refractivity contribution in [1.82, 2.24) is 19.6 Å². The minimum absolute atomic E-state index is 0.0592. The molecule has 0 radical (unpaired) electrons. The number of carbonyl (C=O) groups excluding carboxylic acids is 1. The molecule has 0 aliphatic carbocycles. The van der Waals surface area contributed by atoms with Gasteiger partial charge in [0.05, 0.1) is 22.9 Å². The van der Waals surface area contributed by atoms with Crippen LogP contribution in [0.1, 0.15) is 11.3 Å².